The number of nitrogens with one attached hydrogen (secondary N) is 3. The van der Waals surface area contributed by atoms with Crippen LogP contribution in [-0.2, 0) is 11.3 Å². The first kappa shape index (κ1) is 20.9. The highest BCUT2D eigenvalue weighted by atomic mass is 35.5. The number of halogens is 1. The first-order chi connectivity index (χ1) is 12.9. The number of rotatable bonds is 8. The van der Waals surface area contributed by atoms with Gasteiger partial charge in [0.25, 0.3) is 5.91 Å². The number of hydrogen-bond acceptors (Lipinski definition) is 3. The van der Waals surface area contributed by atoms with E-state index in [0.717, 1.165) is 18.7 Å². The van der Waals surface area contributed by atoms with Gasteiger partial charge in [0.2, 0.25) is 5.91 Å². The highest BCUT2D eigenvalue weighted by molar-refractivity contribution is 6.33. The van der Waals surface area contributed by atoms with Gasteiger partial charge in [-0.05, 0) is 42.3 Å². The smallest absolute Gasteiger partial charge is 0.253 e. The third-order valence-corrected chi connectivity index (χ3v) is 4.46. The number of amides is 2. The standard InChI is InChI=1S/C21H26ClN3O2/c1-4-23-13-15-8-7-9-16(12-15)24-21(27)19(14(2)3)25-20(26)17-10-5-6-11-18(17)22/h5-12,14,19,23H,4,13H2,1-3H3,(H,24,27)(H,25,26). The second kappa shape index (κ2) is 10.1. The molecule has 0 fully saturated rings. The van der Waals surface area contributed by atoms with Crippen molar-refractivity contribution in [3.8, 4) is 0 Å². The lowest BCUT2D eigenvalue weighted by atomic mass is 10.0. The van der Waals surface area contributed by atoms with Gasteiger partial charge in [0.15, 0.2) is 0 Å². The average molecular weight is 388 g/mol. The van der Waals surface area contributed by atoms with E-state index in [1.807, 2.05) is 45.0 Å². The number of benzene rings is 2. The zero-order chi connectivity index (χ0) is 19.8. The van der Waals surface area contributed by atoms with E-state index in [1.54, 1.807) is 24.3 Å². The Hall–Kier alpha value is -2.37. The van der Waals surface area contributed by atoms with E-state index in [-0.39, 0.29) is 17.7 Å². The van der Waals surface area contributed by atoms with Gasteiger partial charge in [0, 0.05) is 12.2 Å². The Morgan fingerprint density at radius 1 is 1.07 bits per heavy atom. The van der Waals surface area contributed by atoms with Crippen molar-refractivity contribution in [3.05, 3.63) is 64.7 Å². The molecule has 2 aromatic carbocycles. The van der Waals surface area contributed by atoms with Gasteiger partial charge in [-0.3, -0.25) is 9.59 Å². The lowest BCUT2D eigenvalue weighted by Gasteiger charge is -2.22. The minimum Gasteiger partial charge on any atom is -0.340 e. The molecule has 0 saturated heterocycles. The molecule has 2 rings (SSSR count). The van der Waals surface area contributed by atoms with E-state index >= 15 is 0 Å². The summed E-state index contributed by atoms with van der Waals surface area (Å²) in [5.74, 6) is -0.706. The van der Waals surface area contributed by atoms with Crippen LogP contribution >= 0.6 is 11.6 Å². The van der Waals surface area contributed by atoms with Crippen LogP contribution in [0.15, 0.2) is 48.5 Å². The molecule has 0 aromatic heterocycles. The molecular formula is C21H26ClN3O2. The van der Waals surface area contributed by atoms with Crippen LogP contribution in [0.1, 0.15) is 36.7 Å². The largest absolute Gasteiger partial charge is 0.340 e. The number of hydrogen-bond donors (Lipinski definition) is 3. The maximum atomic E-state index is 12.8. The summed E-state index contributed by atoms with van der Waals surface area (Å²) in [6.07, 6.45) is 0. The van der Waals surface area contributed by atoms with E-state index in [2.05, 4.69) is 16.0 Å². The molecule has 1 atom stereocenters. The van der Waals surface area contributed by atoms with Gasteiger partial charge < -0.3 is 16.0 Å². The third-order valence-electron chi connectivity index (χ3n) is 4.13. The zero-order valence-electron chi connectivity index (χ0n) is 15.9. The van der Waals surface area contributed by atoms with Crippen molar-refractivity contribution in [3.63, 3.8) is 0 Å². The predicted octanol–water partition coefficient (Wildman–Crippen LogP) is 3.84. The molecule has 1 unspecified atom stereocenters. The molecule has 0 aliphatic carbocycles. The normalized spacial score (nSPS) is 11.9. The Labute approximate surface area is 165 Å². The molecule has 0 heterocycles. The van der Waals surface area contributed by atoms with E-state index in [9.17, 15) is 9.59 Å². The maximum Gasteiger partial charge on any atom is 0.253 e. The fourth-order valence-electron chi connectivity index (χ4n) is 2.65. The van der Waals surface area contributed by atoms with Gasteiger partial charge in [-0.25, -0.2) is 0 Å². The van der Waals surface area contributed by atoms with Crippen LogP contribution in [-0.4, -0.2) is 24.4 Å². The number of carbonyl (C=O) groups is 2. The fraction of sp³-hybridized carbons (Fsp3) is 0.333. The molecule has 2 amide bonds. The average Bonchev–Trinajstić information content (AvgIpc) is 2.64. The summed E-state index contributed by atoms with van der Waals surface area (Å²) in [7, 11) is 0. The minimum absolute atomic E-state index is 0.0821. The molecule has 0 aliphatic rings. The van der Waals surface area contributed by atoms with Gasteiger partial charge >= 0.3 is 0 Å². The molecule has 3 N–H and O–H groups in total. The quantitative estimate of drug-likeness (QED) is 0.644. The molecule has 6 heteroatoms. The van der Waals surface area contributed by atoms with Gasteiger partial charge in [-0.1, -0.05) is 56.6 Å². The Bertz CT molecular complexity index is 793. The van der Waals surface area contributed by atoms with Crippen LogP contribution < -0.4 is 16.0 Å². The highest BCUT2D eigenvalue weighted by Gasteiger charge is 2.25. The summed E-state index contributed by atoms with van der Waals surface area (Å²) in [5.41, 5.74) is 2.13. The lowest BCUT2D eigenvalue weighted by molar-refractivity contribution is -0.118. The summed E-state index contributed by atoms with van der Waals surface area (Å²) >= 11 is 6.08. The third kappa shape index (κ3) is 6.08. The highest BCUT2D eigenvalue weighted by Crippen LogP contribution is 2.17. The van der Waals surface area contributed by atoms with E-state index in [4.69, 9.17) is 11.6 Å². The number of carbonyl (C=O) groups excluding carboxylic acids is 2. The SMILES string of the molecule is CCNCc1cccc(NC(=O)C(NC(=O)c2ccccc2Cl)C(C)C)c1. The topological polar surface area (TPSA) is 70.2 Å². The zero-order valence-corrected chi connectivity index (χ0v) is 16.6. The van der Waals surface area contributed by atoms with Crippen LogP contribution in [0.2, 0.25) is 5.02 Å². The summed E-state index contributed by atoms with van der Waals surface area (Å²) in [5, 5.41) is 9.30. The second-order valence-corrected chi connectivity index (χ2v) is 7.05. The van der Waals surface area contributed by atoms with E-state index < -0.39 is 6.04 Å². The predicted molar refractivity (Wildman–Crippen MR) is 110 cm³/mol. The Morgan fingerprint density at radius 3 is 2.48 bits per heavy atom. The first-order valence-corrected chi connectivity index (χ1v) is 9.46. The van der Waals surface area contributed by atoms with Crippen LogP contribution in [0, 0.1) is 5.92 Å². The first-order valence-electron chi connectivity index (χ1n) is 9.08. The molecule has 0 aliphatic heterocycles. The van der Waals surface area contributed by atoms with Crippen molar-refractivity contribution in [2.24, 2.45) is 5.92 Å². The van der Waals surface area contributed by atoms with E-state index in [1.165, 1.54) is 0 Å². The lowest BCUT2D eigenvalue weighted by Crippen LogP contribution is -2.47. The summed E-state index contributed by atoms with van der Waals surface area (Å²) in [6, 6.07) is 13.8. The molecular weight excluding hydrogens is 362 g/mol. The van der Waals surface area contributed by atoms with Crippen molar-refractivity contribution < 1.29 is 9.59 Å². The molecule has 0 spiro atoms. The monoisotopic (exact) mass is 387 g/mol. The van der Waals surface area contributed by atoms with Crippen LogP contribution in [0.3, 0.4) is 0 Å². The van der Waals surface area contributed by atoms with Crippen molar-refractivity contribution in [2.45, 2.75) is 33.4 Å². The Kier molecular flexibility index (Phi) is 7.82. The molecule has 0 bridgehead atoms. The summed E-state index contributed by atoms with van der Waals surface area (Å²) in [4.78, 5) is 25.3. The van der Waals surface area contributed by atoms with Crippen LogP contribution in [0.25, 0.3) is 0 Å². The molecule has 144 valence electrons. The molecule has 5 nitrogen and oxygen atoms in total. The maximum absolute atomic E-state index is 12.8. The van der Waals surface area contributed by atoms with Gasteiger partial charge in [0.05, 0.1) is 10.6 Å². The van der Waals surface area contributed by atoms with Crippen molar-refractivity contribution in [2.75, 3.05) is 11.9 Å². The van der Waals surface area contributed by atoms with Crippen molar-refractivity contribution in [1.29, 1.82) is 0 Å². The Balaban J connectivity index is 2.09. The molecule has 0 radical (unpaired) electrons. The van der Waals surface area contributed by atoms with Gasteiger partial charge in [0.1, 0.15) is 6.04 Å². The molecule has 2 aromatic rings. The van der Waals surface area contributed by atoms with Crippen LogP contribution in [0.5, 0.6) is 0 Å². The van der Waals surface area contributed by atoms with Gasteiger partial charge in [-0.2, -0.15) is 0 Å². The number of anilines is 1. The summed E-state index contributed by atoms with van der Waals surface area (Å²) in [6.45, 7) is 7.43. The second-order valence-electron chi connectivity index (χ2n) is 6.64. The van der Waals surface area contributed by atoms with Gasteiger partial charge in [-0.15, -0.1) is 0 Å². The summed E-state index contributed by atoms with van der Waals surface area (Å²) < 4.78 is 0. The molecule has 27 heavy (non-hydrogen) atoms. The Morgan fingerprint density at radius 2 is 1.81 bits per heavy atom. The van der Waals surface area contributed by atoms with Crippen molar-refractivity contribution in [1.82, 2.24) is 10.6 Å². The van der Waals surface area contributed by atoms with Crippen molar-refractivity contribution >= 4 is 29.1 Å². The van der Waals surface area contributed by atoms with E-state index in [0.29, 0.717) is 16.3 Å². The fourth-order valence-corrected chi connectivity index (χ4v) is 2.87. The van der Waals surface area contributed by atoms with Crippen LogP contribution in [0.4, 0.5) is 5.69 Å². The minimum atomic E-state index is -0.675. The molecule has 0 saturated carbocycles.